The van der Waals surface area contributed by atoms with Crippen LogP contribution in [-0.4, -0.2) is 58.0 Å². The molecule has 1 heterocycles. The van der Waals surface area contributed by atoms with Gasteiger partial charge in [-0.25, -0.2) is 0 Å². The monoisotopic (exact) mass is 216 g/mol. The van der Waals surface area contributed by atoms with E-state index in [1.165, 1.54) is 19.4 Å². The first kappa shape index (κ1) is 12.9. The molecule has 4 heteroatoms. The Labute approximate surface area is 92.7 Å². The highest BCUT2D eigenvalue weighted by Crippen LogP contribution is 2.16. The molecular formula is C11H24N2O2. The molecule has 0 aromatic carbocycles. The molecular weight excluding hydrogens is 192 g/mol. The summed E-state index contributed by atoms with van der Waals surface area (Å²) in [6, 6.07) is 0. The molecule has 2 N–H and O–H groups in total. The van der Waals surface area contributed by atoms with Crippen LogP contribution in [-0.2, 0) is 9.47 Å². The number of hydrogen-bond donors (Lipinski definition) is 1. The van der Waals surface area contributed by atoms with Crippen molar-refractivity contribution in [2.24, 2.45) is 11.7 Å². The van der Waals surface area contributed by atoms with Crippen LogP contribution in [0.1, 0.15) is 12.8 Å². The molecule has 1 rings (SSSR count). The van der Waals surface area contributed by atoms with E-state index in [0.29, 0.717) is 12.5 Å². The van der Waals surface area contributed by atoms with Crippen LogP contribution in [0.3, 0.4) is 0 Å². The normalized spacial score (nSPS) is 25.4. The number of nitrogens with two attached hydrogens (primary N) is 1. The van der Waals surface area contributed by atoms with Crippen molar-refractivity contribution in [1.29, 1.82) is 0 Å². The van der Waals surface area contributed by atoms with Crippen LogP contribution < -0.4 is 5.73 Å². The van der Waals surface area contributed by atoms with Gasteiger partial charge in [-0.15, -0.1) is 0 Å². The highest BCUT2D eigenvalue weighted by molar-refractivity contribution is 4.75. The Hall–Kier alpha value is -0.160. The molecule has 0 aromatic heterocycles. The van der Waals surface area contributed by atoms with Gasteiger partial charge in [0.25, 0.3) is 0 Å². The first-order valence-corrected chi connectivity index (χ1v) is 5.74. The van der Waals surface area contributed by atoms with Crippen molar-refractivity contribution in [1.82, 2.24) is 4.90 Å². The van der Waals surface area contributed by atoms with Gasteiger partial charge in [-0.3, -0.25) is 0 Å². The average Bonchev–Trinajstić information content (AvgIpc) is 2.27. The average molecular weight is 216 g/mol. The molecule has 0 aliphatic carbocycles. The van der Waals surface area contributed by atoms with Gasteiger partial charge in [0, 0.05) is 33.9 Å². The zero-order chi connectivity index (χ0) is 11.1. The van der Waals surface area contributed by atoms with E-state index in [9.17, 15) is 0 Å². The van der Waals surface area contributed by atoms with Crippen LogP contribution in [0, 0.1) is 5.92 Å². The van der Waals surface area contributed by atoms with Crippen LogP contribution in [0.15, 0.2) is 0 Å². The fraction of sp³-hybridized carbons (Fsp3) is 1.00. The third-order valence-electron chi connectivity index (χ3n) is 3.06. The lowest BCUT2D eigenvalue weighted by atomic mass is 9.99. The third kappa shape index (κ3) is 4.47. The standard InChI is InChI=1S/C11H24N2O2/c1-14-9-10-4-3-5-13(7-10)8-11(6-12)15-2/h10-11H,3-9,12H2,1-2H3. The third-order valence-corrected chi connectivity index (χ3v) is 3.06. The molecule has 2 atom stereocenters. The number of likely N-dealkylation sites (tertiary alicyclic amines) is 1. The van der Waals surface area contributed by atoms with Crippen molar-refractivity contribution in [3.63, 3.8) is 0 Å². The van der Waals surface area contributed by atoms with Crippen molar-refractivity contribution in [3.8, 4) is 0 Å². The van der Waals surface area contributed by atoms with Gasteiger partial charge >= 0.3 is 0 Å². The Balaban J connectivity index is 2.28. The minimum Gasteiger partial charge on any atom is -0.384 e. The fourth-order valence-electron chi connectivity index (χ4n) is 2.22. The summed E-state index contributed by atoms with van der Waals surface area (Å²) in [5, 5.41) is 0. The summed E-state index contributed by atoms with van der Waals surface area (Å²) in [5.41, 5.74) is 5.62. The molecule has 1 aliphatic heterocycles. The second kappa shape index (κ2) is 7.17. The van der Waals surface area contributed by atoms with Gasteiger partial charge in [-0.1, -0.05) is 0 Å². The molecule has 2 unspecified atom stereocenters. The number of rotatable bonds is 6. The zero-order valence-electron chi connectivity index (χ0n) is 9.95. The summed E-state index contributed by atoms with van der Waals surface area (Å²) in [4.78, 5) is 2.44. The molecule has 1 saturated heterocycles. The predicted octanol–water partition coefficient (Wildman–Crippen LogP) is 0.319. The quantitative estimate of drug-likeness (QED) is 0.694. The number of piperidine rings is 1. The van der Waals surface area contributed by atoms with E-state index in [4.69, 9.17) is 15.2 Å². The Morgan fingerprint density at radius 2 is 2.27 bits per heavy atom. The number of ether oxygens (including phenoxy) is 2. The Morgan fingerprint density at radius 1 is 1.47 bits per heavy atom. The van der Waals surface area contributed by atoms with Crippen LogP contribution in [0.25, 0.3) is 0 Å². The van der Waals surface area contributed by atoms with Crippen molar-refractivity contribution >= 4 is 0 Å². The second-order valence-electron chi connectivity index (χ2n) is 4.32. The summed E-state index contributed by atoms with van der Waals surface area (Å²) in [7, 11) is 3.50. The summed E-state index contributed by atoms with van der Waals surface area (Å²) in [6.45, 7) is 4.71. The minimum atomic E-state index is 0.172. The number of methoxy groups -OCH3 is 2. The molecule has 1 aliphatic rings. The van der Waals surface area contributed by atoms with Gasteiger partial charge in [0.1, 0.15) is 0 Å². The summed E-state index contributed by atoms with van der Waals surface area (Å²) in [6.07, 6.45) is 2.71. The van der Waals surface area contributed by atoms with Gasteiger partial charge in [0.2, 0.25) is 0 Å². The molecule has 4 nitrogen and oxygen atoms in total. The number of hydrogen-bond acceptors (Lipinski definition) is 4. The maximum atomic E-state index is 5.62. The zero-order valence-corrected chi connectivity index (χ0v) is 9.95. The van der Waals surface area contributed by atoms with E-state index in [0.717, 1.165) is 19.7 Å². The Bertz CT molecular complexity index is 161. The molecule has 0 radical (unpaired) electrons. The lowest BCUT2D eigenvalue weighted by Crippen LogP contribution is -2.43. The minimum absolute atomic E-state index is 0.172. The maximum absolute atomic E-state index is 5.62. The number of nitrogens with zero attached hydrogens (tertiary/aromatic N) is 1. The van der Waals surface area contributed by atoms with Crippen molar-refractivity contribution < 1.29 is 9.47 Å². The van der Waals surface area contributed by atoms with Gasteiger partial charge in [0.05, 0.1) is 12.7 Å². The summed E-state index contributed by atoms with van der Waals surface area (Å²) in [5.74, 6) is 0.680. The van der Waals surface area contributed by atoms with Crippen molar-refractivity contribution in [2.75, 3.05) is 47.0 Å². The van der Waals surface area contributed by atoms with Gasteiger partial charge in [-0.2, -0.15) is 0 Å². The van der Waals surface area contributed by atoms with Gasteiger partial charge < -0.3 is 20.1 Å². The van der Waals surface area contributed by atoms with Crippen LogP contribution in [0.5, 0.6) is 0 Å². The molecule has 0 aromatic rings. The Kier molecular flexibility index (Phi) is 6.17. The highest BCUT2D eigenvalue weighted by atomic mass is 16.5. The molecule has 0 bridgehead atoms. The molecule has 0 amide bonds. The van der Waals surface area contributed by atoms with Crippen LogP contribution in [0.2, 0.25) is 0 Å². The largest absolute Gasteiger partial charge is 0.384 e. The SMILES string of the molecule is COCC1CCCN(CC(CN)OC)C1. The summed E-state index contributed by atoms with van der Waals surface area (Å²) >= 11 is 0. The second-order valence-corrected chi connectivity index (χ2v) is 4.32. The maximum Gasteiger partial charge on any atom is 0.0820 e. The first-order chi connectivity index (χ1) is 7.30. The smallest absolute Gasteiger partial charge is 0.0820 e. The van der Waals surface area contributed by atoms with Gasteiger partial charge in [-0.05, 0) is 25.3 Å². The van der Waals surface area contributed by atoms with E-state index in [1.54, 1.807) is 14.2 Å². The van der Waals surface area contributed by atoms with E-state index in [2.05, 4.69) is 4.90 Å². The lowest BCUT2D eigenvalue weighted by molar-refractivity contribution is 0.0381. The predicted molar refractivity (Wildman–Crippen MR) is 60.9 cm³/mol. The molecule has 15 heavy (non-hydrogen) atoms. The fourth-order valence-corrected chi connectivity index (χ4v) is 2.22. The van der Waals surface area contributed by atoms with E-state index in [1.807, 2.05) is 0 Å². The summed E-state index contributed by atoms with van der Waals surface area (Å²) < 4.78 is 10.5. The Morgan fingerprint density at radius 3 is 2.87 bits per heavy atom. The topological polar surface area (TPSA) is 47.7 Å². The molecule has 90 valence electrons. The lowest BCUT2D eigenvalue weighted by Gasteiger charge is -2.34. The van der Waals surface area contributed by atoms with Crippen LogP contribution in [0.4, 0.5) is 0 Å². The van der Waals surface area contributed by atoms with E-state index >= 15 is 0 Å². The van der Waals surface area contributed by atoms with Crippen molar-refractivity contribution in [3.05, 3.63) is 0 Å². The first-order valence-electron chi connectivity index (χ1n) is 5.74. The molecule has 0 saturated carbocycles. The van der Waals surface area contributed by atoms with Gasteiger partial charge in [0.15, 0.2) is 0 Å². The van der Waals surface area contributed by atoms with Crippen LogP contribution >= 0.6 is 0 Å². The highest BCUT2D eigenvalue weighted by Gasteiger charge is 2.21. The molecule has 0 spiro atoms. The van der Waals surface area contributed by atoms with E-state index in [-0.39, 0.29) is 6.10 Å². The van der Waals surface area contributed by atoms with Crippen molar-refractivity contribution in [2.45, 2.75) is 18.9 Å². The van der Waals surface area contributed by atoms with E-state index < -0.39 is 0 Å². The molecule has 1 fully saturated rings.